The summed E-state index contributed by atoms with van der Waals surface area (Å²) in [4.78, 5) is 28.5. The van der Waals surface area contributed by atoms with E-state index in [-0.39, 0.29) is 12.0 Å². The highest BCUT2D eigenvalue weighted by molar-refractivity contribution is 5.80. The second kappa shape index (κ2) is 9.79. The van der Waals surface area contributed by atoms with E-state index in [1.54, 1.807) is 20.8 Å². The number of ether oxygens (including phenoxy) is 2. The van der Waals surface area contributed by atoms with Crippen LogP contribution in [-0.4, -0.2) is 77.5 Å². The molecule has 0 aromatic heterocycles. The molecule has 0 bridgehead atoms. The van der Waals surface area contributed by atoms with Crippen molar-refractivity contribution in [2.24, 2.45) is 5.92 Å². The molecule has 1 N–H and O–H groups in total. The van der Waals surface area contributed by atoms with Gasteiger partial charge in [-0.2, -0.15) is 0 Å². The zero-order valence-electron chi connectivity index (χ0n) is 18.3. The normalized spacial score (nSPS) is 24.3. The molecular formula is C23H34N2O5. The van der Waals surface area contributed by atoms with E-state index in [0.717, 1.165) is 25.9 Å². The first-order valence-electron chi connectivity index (χ1n) is 10.8. The first kappa shape index (κ1) is 22.6. The molecule has 2 aliphatic rings. The maximum atomic E-state index is 12.6. The van der Waals surface area contributed by atoms with Gasteiger partial charge in [0.1, 0.15) is 11.6 Å². The van der Waals surface area contributed by atoms with E-state index in [0.29, 0.717) is 26.2 Å². The lowest BCUT2D eigenvalue weighted by molar-refractivity contribution is -0.145. The average molecular weight is 419 g/mol. The Labute approximate surface area is 178 Å². The Bertz CT molecular complexity index is 712. The fraction of sp³-hybridized carbons (Fsp3) is 0.652. The second-order valence-electron chi connectivity index (χ2n) is 9.22. The molecule has 1 aromatic carbocycles. The number of piperidine rings is 1. The van der Waals surface area contributed by atoms with Crippen LogP contribution in [0.2, 0.25) is 0 Å². The van der Waals surface area contributed by atoms with E-state index in [9.17, 15) is 14.7 Å². The van der Waals surface area contributed by atoms with E-state index in [1.807, 2.05) is 18.2 Å². The molecule has 7 nitrogen and oxygen atoms in total. The van der Waals surface area contributed by atoms with E-state index in [4.69, 9.17) is 9.47 Å². The molecule has 2 aliphatic heterocycles. The van der Waals surface area contributed by atoms with Crippen molar-refractivity contribution in [3.05, 3.63) is 35.9 Å². The SMILES string of the molecule is CC(C)(C)OC(=O)N1CCC(C(Cc2ccccc2)N2CCOCC2)CC1C(=O)O. The number of hydrogen-bond donors (Lipinski definition) is 1. The molecule has 3 atom stereocenters. The third-order valence-electron chi connectivity index (χ3n) is 5.90. The number of carboxylic acids is 1. The van der Waals surface area contributed by atoms with Crippen LogP contribution in [0.15, 0.2) is 30.3 Å². The summed E-state index contributed by atoms with van der Waals surface area (Å²) in [6, 6.07) is 9.69. The van der Waals surface area contributed by atoms with E-state index >= 15 is 0 Å². The van der Waals surface area contributed by atoms with Gasteiger partial charge < -0.3 is 14.6 Å². The number of morpholine rings is 1. The molecule has 3 rings (SSSR count). The number of benzene rings is 1. The zero-order valence-corrected chi connectivity index (χ0v) is 18.3. The molecule has 2 saturated heterocycles. The Hall–Kier alpha value is -2.12. The average Bonchev–Trinajstić information content (AvgIpc) is 2.71. The molecule has 1 amide bonds. The number of aliphatic carboxylic acids is 1. The van der Waals surface area contributed by atoms with Crippen molar-refractivity contribution in [2.45, 2.75) is 57.7 Å². The summed E-state index contributed by atoms with van der Waals surface area (Å²) < 4.78 is 11.0. The number of likely N-dealkylation sites (tertiary alicyclic amines) is 1. The number of nitrogens with zero attached hydrogens (tertiary/aromatic N) is 2. The summed E-state index contributed by atoms with van der Waals surface area (Å²) in [6.07, 6.45) is 1.52. The molecule has 1 aromatic rings. The molecule has 166 valence electrons. The Kier molecular flexibility index (Phi) is 7.36. The minimum absolute atomic E-state index is 0.183. The summed E-state index contributed by atoms with van der Waals surface area (Å²) in [5.41, 5.74) is 0.594. The molecule has 0 spiro atoms. The molecular weight excluding hydrogens is 384 g/mol. The summed E-state index contributed by atoms with van der Waals surface area (Å²) in [7, 11) is 0. The Morgan fingerprint density at radius 3 is 2.43 bits per heavy atom. The number of amides is 1. The van der Waals surface area contributed by atoms with Crippen molar-refractivity contribution in [3.8, 4) is 0 Å². The van der Waals surface area contributed by atoms with Gasteiger partial charge in [-0.3, -0.25) is 9.80 Å². The van der Waals surface area contributed by atoms with Crippen LogP contribution in [-0.2, 0) is 20.7 Å². The first-order chi connectivity index (χ1) is 14.2. The lowest BCUT2D eigenvalue weighted by Crippen LogP contribution is -2.56. The minimum atomic E-state index is -0.967. The van der Waals surface area contributed by atoms with Crippen molar-refractivity contribution in [1.29, 1.82) is 0 Å². The zero-order chi connectivity index (χ0) is 21.7. The quantitative estimate of drug-likeness (QED) is 0.792. The van der Waals surface area contributed by atoms with E-state index < -0.39 is 23.7 Å². The predicted molar refractivity (Wildman–Crippen MR) is 113 cm³/mol. The van der Waals surface area contributed by atoms with Crippen LogP contribution in [0, 0.1) is 5.92 Å². The predicted octanol–water partition coefficient (Wildman–Crippen LogP) is 3.03. The fourth-order valence-corrected chi connectivity index (χ4v) is 4.47. The number of carboxylic acid groups (broad SMARTS) is 1. The van der Waals surface area contributed by atoms with Gasteiger partial charge in [0.2, 0.25) is 0 Å². The molecule has 3 unspecified atom stereocenters. The fourth-order valence-electron chi connectivity index (χ4n) is 4.47. The van der Waals surface area contributed by atoms with Crippen molar-refractivity contribution < 1.29 is 24.2 Å². The molecule has 2 heterocycles. The highest BCUT2D eigenvalue weighted by Crippen LogP contribution is 2.32. The van der Waals surface area contributed by atoms with Gasteiger partial charge in [-0.15, -0.1) is 0 Å². The minimum Gasteiger partial charge on any atom is -0.480 e. The van der Waals surface area contributed by atoms with Gasteiger partial charge in [0.05, 0.1) is 13.2 Å². The van der Waals surface area contributed by atoms with Gasteiger partial charge >= 0.3 is 12.1 Å². The highest BCUT2D eigenvalue weighted by Gasteiger charge is 2.42. The lowest BCUT2D eigenvalue weighted by atomic mass is 9.81. The Morgan fingerprint density at radius 1 is 1.17 bits per heavy atom. The van der Waals surface area contributed by atoms with Gasteiger partial charge in [-0.25, -0.2) is 9.59 Å². The number of hydrogen-bond acceptors (Lipinski definition) is 5. The largest absolute Gasteiger partial charge is 0.480 e. The molecule has 2 fully saturated rings. The van der Waals surface area contributed by atoms with Gasteiger partial charge in [-0.05, 0) is 51.5 Å². The van der Waals surface area contributed by atoms with Crippen molar-refractivity contribution in [1.82, 2.24) is 9.80 Å². The van der Waals surface area contributed by atoms with Crippen LogP contribution in [0.25, 0.3) is 0 Å². The van der Waals surface area contributed by atoms with Crippen LogP contribution < -0.4 is 0 Å². The van der Waals surface area contributed by atoms with Crippen LogP contribution in [0.5, 0.6) is 0 Å². The van der Waals surface area contributed by atoms with E-state index in [1.165, 1.54) is 10.5 Å². The second-order valence-corrected chi connectivity index (χ2v) is 9.22. The van der Waals surface area contributed by atoms with Gasteiger partial charge in [-0.1, -0.05) is 30.3 Å². The number of carbonyl (C=O) groups excluding carboxylic acids is 1. The standard InChI is InChI=1S/C23H34N2O5/c1-23(2,3)30-22(28)25-10-9-18(16-20(25)21(26)27)19(24-11-13-29-14-12-24)15-17-7-5-4-6-8-17/h4-8,18-20H,9-16H2,1-3H3,(H,26,27). The van der Waals surface area contributed by atoms with Crippen molar-refractivity contribution in [2.75, 3.05) is 32.8 Å². The maximum Gasteiger partial charge on any atom is 0.411 e. The first-order valence-corrected chi connectivity index (χ1v) is 10.8. The molecule has 0 radical (unpaired) electrons. The topological polar surface area (TPSA) is 79.3 Å². The number of carbonyl (C=O) groups is 2. The van der Waals surface area contributed by atoms with Gasteiger partial charge in [0.25, 0.3) is 0 Å². The molecule has 30 heavy (non-hydrogen) atoms. The third-order valence-corrected chi connectivity index (χ3v) is 5.90. The van der Waals surface area contributed by atoms with E-state index in [2.05, 4.69) is 17.0 Å². The van der Waals surface area contributed by atoms with Gasteiger partial charge in [0, 0.05) is 25.7 Å². The maximum absolute atomic E-state index is 12.6. The summed E-state index contributed by atoms with van der Waals surface area (Å²) in [5.74, 6) is -0.783. The van der Waals surface area contributed by atoms with Crippen LogP contribution >= 0.6 is 0 Å². The van der Waals surface area contributed by atoms with Crippen molar-refractivity contribution in [3.63, 3.8) is 0 Å². The summed E-state index contributed by atoms with van der Waals surface area (Å²) in [6.45, 7) is 8.87. The summed E-state index contributed by atoms with van der Waals surface area (Å²) >= 11 is 0. The highest BCUT2D eigenvalue weighted by atomic mass is 16.6. The smallest absolute Gasteiger partial charge is 0.411 e. The monoisotopic (exact) mass is 418 g/mol. The van der Waals surface area contributed by atoms with Gasteiger partial charge in [0.15, 0.2) is 0 Å². The van der Waals surface area contributed by atoms with Crippen LogP contribution in [0.4, 0.5) is 4.79 Å². The van der Waals surface area contributed by atoms with Crippen LogP contribution in [0.1, 0.15) is 39.2 Å². The third kappa shape index (κ3) is 5.95. The molecule has 0 saturated carbocycles. The van der Waals surface area contributed by atoms with Crippen molar-refractivity contribution >= 4 is 12.1 Å². The Balaban J connectivity index is 1.77. The number of rotatable bonds is 5. The molecule has 0 aliphatic carbocycles. The molecule has 7 heteroatoms. The Morgan fingerprint density at radius 2 is 1.83 bits per heavy atom. The summed E-state index contributed by atoms with van der Waals surface area (Å²) in [5, 5.41) is 9.87. The van der Waals surface area contributed by atoms with Crippen LogP contribution in [0.3, 0.4) is 0 Å². The lowest BCUT2D eigenvalue weighted by Gasteiger charge is -2.44.